The summed E-state index contributed by atoms with van der Waals surface area (Å²) in [5.74, 6) is 0.638. The summed E-state index contributed by atoms with van der Waals surface area (Å²) >= 11 is 0. The summed E-state index contributed by atoms with van der Waals surface area (Å²) in [4.78, 5) is 0. The Labute approximate surface area is 94.1 Å². The van der Waals surface area contributed by atoms with Crippen LogP contribution in [0.1, 0.15) is 5.56 Å². The Morgan fingerprint density at radius 3 is 3.06 bits per heavy atom. The summed E-state index contributed by atoms with van der Waals surface area (Å²) in [5.41, 5.74) is 6.71. The number of aliphatic hydroxyl groups excluding tert-OH is 1. The molecule has 0 aliphatic carbocycles. The van der Waals surface area contributed by atoms with Crippen molar-refractivity contribution >= 4 is 22.3 Å². The maximum Gasteiger partial charge on any atom is 0.148 e. The number of thiol groups is 1. The third-order valence-electron chi connectivity index (χ3n) is 2.00. The van der Waals surface area contributed by atoms with Crippen molar-refractivity contribution in [3.63, 3.8) is 0 Å². The Hall–Kier alpha value is -1.60. The fourth-order valence-electron chi connectivity index (χ4n) is 1.39. The van der Waals surface area contributed by atoms with Gasteiger partial charge in [-0.1, -0.05) is 6.07 Å². The van der Waals surface area contributed by atoms with Crippen molar-refractivity contribution in [1.82, 2.24) is 0 Å². The SMILES string of the molecule is NC1=N[SH](=O)=Nc2cccc(OCCO)c21. The molecule has 1 unspecified atom stereocenters. The van der Waals surface area contributed by atoms with E-state index in [4.69, 9.17) is 15.6 Å². The normalized spacial score (nSPS) is 18.3. The number of fused-ring (bicyclic) bond motifs is 1. The lowest BCUT2D eigenvalue weighted by Gasteiger charge is -2.13. The molecule has 86 valence electrons. The number of rotatable bonds is 3. The number of hydrogen-bond acceptors (Lipinski definition) is 5. The summed E-state index contributed by atoms with van der Waals surface area (Å²) < 4.78 is 24.0. The number of hydrogen-bond donors (Lipinski definition) is 3. The van der Waals surface area contributed by atoms with E-state index >= 15 is 0 Å². The van der Waals surface area contributed by atoms with E-state index < -0.39 is 10.8 Å². The second-order valence-electron chi connectivity index (χ2n) is 3.06. The topological polar surface area (TPSA) is 97.3 Å². The summed E-state index contributed by atoms with van der Waals surface area (Å²) in [6.07, 6.45) is 0. The van der Waals surface area contributed by atoms with E-state index in [2.05, 4.69) is 8.76 Å². The van der Waals surface area contributed by atoms with Crippen molar-refractivity contribution in [2.24, 2.45) is 14.5 Å². The molecule has 1 atom stereocenters. The van der Waals surface area contributed by atoms with Crippen molar-refractivity contribution in [2.75, 3.05) is 13.2 Å². The minimum Gasteiger partial charge on any atom is -0.490 e. The predicted molar refractivity (Wildman–Crippen MR) is 61.4 cm³/mol. The predicted octanol–water partition coefficient (Wildman–Crippen LogP) is -0.0123. The maximum atomic E-state index is 11.2. The molecule has 1 aromatic rings. The van der Waals surface area contributed by atoms with Gasteiger partial charge in [-0.2, -0.15) is 8.76 Å². The van der Waals surface area contributed by atoms with Crippen molar-refractivity contribution < 1.29 is 14.1 Å². The van der Waals surface area contributed by atoms with Crippen LogP contribution < -0.4 is 10.5 Å². The van der Waals surface area contributed by atoms with Crippen LogP contribution in [-0.2, 0) is 10.8 Å². The third kappa shape index (κ3) is 2.00. The first-order valence-electron chi connectivity index (χ1n) is 4.62. The molecule has 1 aromatic carbocycles. The van der Waals surface area contributed by atoms with Gasteiger partial charge in [-0.15, -0.1) is 0 Å². The van der Waals surface area contributed by atoms with E-state index in [0.717, 1.165) is 0 Å². The van der Waals surface area contributed by atoms with E-state index in [-0.39, 0.29) is 19.0 Å². The van der Waals surface area contributed by atoms with Gasteiger partial charge in [0.25, 0.3) is 0 Å². The van der Waals surface area contributed by atoms with Crippen LogP contribution >= 0.6 is 0 Å². The molecule has 0 amide bonds. The molecule has 0 bridgehead atoms. The van der Waals surface area contributed by atoms with Gasteiger partial charge in [0.1, 0.15) is 29.0 Å². The minimum atomic E-state index is -2.01. The molecule has 0 spiro atoms. The number of aliphatic hydroxyl groups is 1. The lowest BCUT2D eigenvalue weighted by molar-refractivity contribution is 0.201. The molecule has 0 saturated carbocycles. The molecule has 1 aliphatic rings. The third-order valence-corrected chi connectivity index (χ3v) is 2.77. The fourth-order valence-corrected chi connectivity index (χ4v) is 2.07. The lowest BCUT2D eigenvalue weighted by Crippen LogP contribution is -2.17. The van der Waals surface area contributed by atoms with Gasteiger partial charge >= 0.3 is 0 Å². The maximum absolute atomic E-state index is 11.2. The molecule has 3 N–H and O–H groups in total. The van der Waals surface area contributed by atoms with Crippen LogP contribution in [0.3, 0.4) is 0 Å². The minimum absolute atomic E-state index is 0.0911. The Morgan fingerprint density at radius 2 is 2.31 bits per heavy atom. The molecule has 1 aliphatic heterocycles. The average molecular weight is 241 g/mol. The Kier molecular flexibility index (Phi) is 3.07. The highest BCUT2D eigenvalue weighted by Crippen LogP contribution is 2.30. The zero-order chi connectivity index (χ0) is 11.5. The van der Waals surface area contributed by atoms with Gasteiger partial charge in [0.15, 0.2) is 0 Å². The number of nitrogens with two attached hydrogens (primary N) is 1. The van der Waals surface area contributed by atoms with E-state index in [9.17, 15) is 4.21 Å². The lowest BCUT2D eigenvalue weighted by atomic mass is 10.1. The van der Waals surface area contributed by atoms with Crippen LogP contribution in [0.2, 0.25) is 0 Å². The van der Waals surface area contributed by atoms with Crippen LogP contribution in [-0.4, -0.2) is 28.4 Å². The molecule has 6 nitrogen and oxygen atoms in total. The van der Waals surface area contributed by atoms with Gasteiger partial charge in [-0.05, 0) is 12.1 Å². The van der Waals surface area contributed by atoms with Crippen LogP contribution in [0.4, 0.5) is 5.69 Å². The van der Waals surface area contributed by atoms with E-state index in [1.807, 2.05) is 0 Å². The highest BCUT2D eigenvalue weighted by molar-refractivity contribution is 7.73. The molecule has 2 rings (SSSR count). The first-order valence-corrected chi connectivity index (χ1v) is 5.79. The molecule has 1 heterocycles. The van der Waals surface area contributed by atoms with Crippen LogP contribution in [0, 0.1) is 0 Å². The summed E-state index contributed by atoms with van der Waals surface area (Å²) in [6.45, 7) is 0.0714. The van der Waals surface area contributed by atoms with Crippen molar-refractivity contribution in [3.05, 3.63) is 23.8 Å². The van der Waals surface area contributed by atoms with E-state index in [1.165, 1.54) is 0 Å². The quantitative estimate of drug-likeness (QED) is 0.648. The Morgan fingerprint density at radius 1 is 1.50 bits per heavy atom. The number of amidine groups is 1. The molecular weight excluding hydrogens is 230 g/mol. The van der Waals surface area contributed by atoms with Gasteiger partial charge in [0.2, 0.25) is 0 Å². The zero-order valence-electron chi connectivity index (χ0n) is 8.33. The standard InChI is InChI=1S/C9H11N3O3S/c10-9-8-6(11-16(14)12-9)2-1-3-7(8)15-5-4-13/h1-3,13,16H,4-5H2,(H2,10,11,12,14). The highest BCUT2D eigenvalue weighted by atomic mass is 32.2. The molecule has 7 heteroatoms. The van der Waals surface area contributed by atoms with Gasteiger partial charge in [0, 0.05) is 0 Å². The van der Waals surface area contributed by atoms with Crippen molar-refractivity contribution in [2.45, 2.75) is 0 Å². The van der Waals surface area contributed by atoms with Crippen LogP contribution in [0.25, 0.3) is 0 Å². The monoisotopic (exact) mass is 241 g/mol. The fraction of sp³-hybridized carbons (Fsp3) is 0.222. The second kappa shape index (κ2) is 4.50. The first kappa shape index (κ1) is 10.9. The van der Waals surface area contributed by atoms with Gasteiger partial charge < -0.3 is 15.6 Å². The Balaban J connectivity index is 2.48. The molecular formula is C9H11N3O3S. The summed E-state index contributed by atoms with van der Waals surface area (Å²) in [5, 5.41) is 8.68. The van der Waals surface area contributed by atoms with Gasteiger partial charge in [-0.25, -0.2) is 4.21 Å². The largest absolute Gasteiger partial charge is 0.490 e. The second-order valence-corrected chi connectivity index (χ2v) is 3.97. The highest BCUT2D eigenvalue weighted by Gasteiger charge is 2.16. The molecule has 16 heavy (non-hydrogen) atoms. The van der Waals surface area contributed by atoms with Crippen molar-refractivity contribution in [1.29, 1.82) is 0 Å². The van der Waals surface area contributed by atoms with E-state index in [1.54, 1.807) is 18.2 Å². The molecule has 0 aromatic heterocycles. The van der Waals surface area contributed by atoms with Crippen LogP contribution in [0.5, 0.6) is 5.75 Å². The van der Waals surface area contributed by atoms with Gasteiger partial charge in [-0.3, -0.25) is 0 Å². The first-order chi connectivity index (χ1) is 7.72. The number of ether oxygens (including phenoxy) is 1. The average Bonchev–Trinajstić information content (AvgIpc) is 2.25. The van der Waals surface area contributed by atoms with E-state index in [0.29, 0.717) is 17.0 Å². The van der Waals surface area contributed by atoms with Crippen molar-refractivity contribution in [3.8, 4) is 5.75 Å². The summed E-state index contributed by atoms with van der Waals surface area (Å²) in [6, 6.07) is 5.11. The molecule has 0 saturated heterocycles. The van der Waals surface area contributed by atoms with Crippen LogP contribution in [0.15, 0.2) is 27.0 Å². The molecule has 0 radical (unpaired) electrons. The van der Waals surface area contributed by atoms with Gasteiger partial charge in [0.05, 0.1) is 17.9 Å². The zero-order valence-corrected chi connectivity index (χ0v) is 9.22. The Bertz CT molecular complexity index is 521. The number of benzene rings is 1. The molecule has 0 fully saturated rings. The smallest absolute Gasteiger partial charge is 0.148 e. The number of nitrogens with zero attached hydrogens (tertiary/aromatic N) is 2. The summed E-state index contributed by atoms with van der Waals surface area (Å²) in [7, 11) is -2.01.